The summed E-state index contributed by atoms with van der Waals surface area (Å²) in [5, 5.41) is 10.7. The molecule has 1 aromatic carbocycles. The minimum Gasteiger partial charge on any atom is -0.378 e. The smallest absolute Gasteiger partial charge is 0.269 e. The number of hydrogen-bond acceptors (Lipinski definition) is 5. The number of rotatable bonds is 4. The highest BCUT2D eigenvalue weighted by atomic mass is 16.6. The van der Waals surface area contributed by atoms with Gasteiger partial charge in [-0.05, 0) is 24.9 Å². The normalized spacial score (nSPS) is 22.3. The van der Waals surface area contributed by atoms with Gasteiger partial charge in [-0.1, -0.05) is 12.1 Å². The molecule has 1 atom stereocenters. The molecule has 0 radical (unpaired) electrons. The molecule has 0 N–H and O–H groups in total. The van der Waals surface area contributed by atoms with E-state index >= 15 is 0 Å². The first-order chi connectivity index (χ1) is 11.6. The summed E-state index contributed by atoms with van der Waals surface area (Å²) in [7, 11) is 0. The lowest BCUT2D eigenvalue weighted by atomic mass is 9.96. The lowest BCUT2D eigenvalue weighted by molar-refractivity contribution is -0.384. The van der Waals surface area contributed by atoms with Gasteiger partial charge in [-0.15, -0.1) is 0 Å². The van der Waals surface area contributed by atoms with Gasteiger partial charge in [0.15, 0.2) is 0 Å². The molecule has 2 saturated heterocycles. The van der Waals surface area contributed by atoms with E-state index in [1.54, 1.807) is 12.1 Å². The number of ether oxygens (including phenoxy) is 1. The van der Waals surface area contributed by atoms with Crippen molar-refractivity contribution in [3.63, 3.8) is 0 Å². The Labute approximate surface area is 141 Å². The number of carbonyl (C=O) groups excluding carboxylic acids is 1. The maximum atomic E-state index is 12.6. The number of nitro groups is 1. The van der Waals surface area contributed by atoms with Gasteiger partial charge in [0.2, 0.25) is 5.91 Å². The van der Waals surface area contributed by atoms with Gasteiger partial charge >= 0.3 is 0 Å². The summed E-state index contributed by atoms with van der Waals surface area (Å²) < 4.78 is 5.31. The third-order valence-corrected chi connectivity index (χ3v) is 4.73. The van der Waals surface area contributed by atoms with Crippen LogP contribution in [0.25, 0.3) is 0 Å². The lowest BCUT2D eigenvalue weighted by Gasteiger charge is -2.36. The second-order valence-electron chi connectivity index (χ2n) is 6.44. The van der Waals surface area contributed by atoms with E-state index in [0.717, 1.165) is 38.0 Å². The summed E-state index contributed by atoms with van der Waals surface area (Å²) in [4.78, 5) is 27.2. The van der Waals surface area contributed by atoms with Gasteiger partial charge < -0.3 is 9.64 Å². The van der Waals surface area contributed by atoms with Crippen LogP contribution in [0.5, 0.6) is 0 Å². The van der Waals surface area contributed by atoms with Crippen molar-refractivity contribution in [1.29, 1.82) is 0 Å². The minimum absolute atomic E-state index is 0.0508. The predicted molar refractivity (Wildman–Crippen MR) is 88.5 cm³/mol. The first kappa shape index (κ1) is 16.9. The van der Waals surface area contributed by atoms with E-state index in [4.69, 9.17) is 4.74 Å². The van der Waals surface area contributed by atoms with E-state index in [1.165, 1.54) is 12.1 Å². The third kappa shape index (κ3) is 4.10. The molecular formula is C17H23N3O4. The molecule has 0 aliphatic carbocycles. The van der Waals surface area contributed by atoms with Crippen molar-refractivity contribution in [3.05, 3.63) is 39.9 Å². The van der Waals surface area contributed by atoms with Crippen LogP contribution in [-0.2, 0) is 16.1 Å². The zero-order valence-corrected chi connectivity index (χ0v) is 13.7. The summed E-state index contributed by atoms with van der Waals surface area (Å²) in [6.45, 7) is 5.09. The van der Waals surface area contributed by atoms with Crippen molar-refractivity contribution in [2.24, 2.45) is 5.92 Å². The van der Waals surface area contributed by atoms with E-state index in [2.05, 4.69) is 4.90 Å². The standard InChI is InChI=1S/C17H23N3O4/c21-17(19-8-10-24-11-9-19)15-2-1-7-18(13-15)12-14-3-5-16(6-4-14)20(22)23/h3-6,15H,1-2,7-13H2. The molecule has 0 saturated carbocycles. The molecule has 7 heteroatoms. The van der Waals surface area contributed by atoms with Crippen molar-refractivity contribution in [2.75, 3.05) is 39.4 Å². The predicted octanol–water partition coefficient (Wildman–Crippen LogP) is 1.67. The molecule has 1 amide bonds. The summed E-state index contributed by atoms with van der Waals surface area (Å²) in [5.41, 5.74) is 1.15. The van der Waals surface area contributed by atoms with Crippen molar-refractivity contribution in [1.82, 2.24) is 9.80 Å². The second kappa shape index (κ2) is 7.72. The Morgan fingerprint density at radius 1 is 1.21 bits per heavy atom. The van der Waals surface area contributed by atoms with E-state index in [9.17, 15) is 14.9 Å². The number of non-ortho nitro benzene ring substituents is 1. The van der Waals surface area contributed by atoms with Gasteiger partial charge in [0.05, 0.1) is 24.1 Å². The van der Waals surface area contributed by atoms with E-state index in [1.807, 2.05) is 4.90 Å². The number of nitrogens with zero attached hydrogens (tertiary/aromatic N) is 3. The second-order valence-corrected chi connectivity index (χ2v) is 6.44. The fourth-order valence-corrected chi connectivity index (χ4v) is 3.42. The molecule has 1 unspecified atom stereocenters. The number of benzene rings is 1. The molecule has 24 heavy (non-hydrogen) atoms. The molecule has 0 aromatic heterocycles. The summed E-state index contributed by atoms with van der Waals surface area (Å²) >= 11 is 0. The molecule has 130 valence electrons. The Balaban J connectivity index is 1.56. The number of hydrogen-bond donors (Lipinski definition) is 0. The monoisotopic (exact) mass is 333 g/mol. The molecule has 2 heterocycles. The van der Waals surface area contributed by atoms with Gasteiger partial charge in [-0.3, -0.25) is 19.8 Å². The molecule has 3 rings (SSSR count). The van der Waals surface area contributed by atoms with Crippen molar-refractivity contribution in [3.8, 4) is 0 Å². The van der Waals surface area contributed by atoms with Gasteiger partial charge in [0.1, 0.15) is 0 Å². The van der Waals surface area contributed by atoms with E-state index in [0.29, 0.717) is 26.3 Å². The Morgan fingerprint density at radius 2 is 1.92 bits per heavy atom. The van der Waals surface area contributed by atoms with Crippen molar-refractivity contribution < 1.29 is 14.5 Å². The Bertz CT molecular complexity index is 584. The Hall–Kier alpha value is -1.99. The highest BCUT2D eigenvalue weighted by molar-refractivity contribution is 5.79. The Morgan fingerprint density at radius 3 is 2.58 bits per heavy atom. The maximum absolute atomic E-state index is 12.6. The quantitative estimate of drug-likeness (QED) is 0.619. The maximum Gasteiger partial charge on any atom is 0.269 e. The van der Waals surface area contributed by atoms with Crippen molar-refractivity contribution in [2.45, 2.75) is 19.4 Å². The van der Waals surface area contributed by atoms with Crippen LogP contribution < -0.4 is 0 Å². The molecule has 7 nitrogen and oxygen atoms in total. The van der Waals surface area contributed by atoms with Crippen LogP contribution in [0.1, 0.15) is 18.4 Å². The first-order valence-electron chi connectivity index (χ1n) is 8.46. The fourth-order valence-electron chi connectivity index (χ4n) is 3.42. The van der Waals surface area contributed by atoms with E-state index in [-0.39, 0.29) is 22.4 Å². The summed E-state index contributed by atoms with van der Waals surface area (Å²) in [5.74, 6) is 0.293. The number of carbonyl (C=O) groups is 1. The van der Waals surface area contributed by atoms with Crippen LogP contribution in [0.4, 0.5) is 5.69 Å². The van der Waals surface area contributed by atoms with Crippen LogP contribution in [0.2, 0.25) is 0 Å². The minimum atomic E-state index is -0.387. The first-order valence-corrected chi connectivity index (χ1v) is 8.46. The molecular weight excluding hydrogens is 310 g/mol. The number of amides is 1. The number of morpholine rings is 1. The lowest BCUT2D eigenvalue weighted by Crippen LogP contribution is -2.48. The average Bonchev–Trinajstić information content (AvgIpc) is 2.62. The van der Waals surface area contributed by atoms with Gasteiger partial charge in [0.25, 0.3) is 5.69 Å². The van der Waals surface area contributed by atoms with E-state index < -0.39 is 0 Å². The van der Waals surface area contributed by atoms with Gasteiger partial charge in [-0.2, -0.15) is 0 Å². The van der Waals surface area contributed by atoms with Crippen LogP contribution in [0, 0.1) is 16.0 Å². The zero-order valence-electron chi connectivity index (χ0n) is 13.7. The number of nitro benzene ring substituents is 1. The van der Waals surface area contributed by atoms with Crippen LogP contribution >= 0.6 is 0 Å². The molecule has 2 fully saturated rings. The fraction of sp³-hybridized carbons (Fsp3) is 0.588. The molecule has 2 aliphatic rings. The van der Waals surface area contributed by atoms with Gasteiger partial charge in [-0.25, -0.2) is 0 Å². The number of piperidine rings is 1. The molecule has 2 aliphatic heterocycles. The van der Waals surface area contributed by atoms with Crippen LogP contribution in [-0.4, -0.2) is 60.0 Å². The highest BCUT2D eigenvalue weighted by Crippen LogP contribution is 2.22. The summed E-state index contributed by atoms with van der Waals surface area (Å²) in [6, 6.07) is 6.67. The van der Waals surface area contributed by atoms with Gasteiger partial charge in [0, 0.05) is 38.3 Å². The molecule has 1 aromatic rings. The van der Waals surface area contributed by atoms with Crippen LogP contribution in [0.15, 0.2) is 24.3 Å². The number of likely N-dealkylation sites (tertiary alicyclic amines) is 1. The zero-order chi connectivity index (χ0) is 16.9. The molecule has 0 spiro atoms. The Kier molecular flexibility index (Phi) is 5.42. The topological polar surface area (TPSA) is 75.9 Å². The SMILES string of the molecule is O=C(C1CCCN(Cc2ccc([N+](=O)[O-])cc2)C1)N1CCOCC1. The largest absolute Gasteiger partial charge is 0.378 e. The highest BCUT2D eigenvalue weighted by Gasteiger charge is 2.30. The van der Waals surface area contributed by atoms with Crippen LogP contribution in [0.3, 0.4) is 0 Å². The average molecular weight is 333 g/mol. The molecule has 0 bridgehead atoms. The summed E-state index contributed by atoms with van der Waals surface area (Å²) in [6.07, 6.45) is 1.95. The third-order valence-electron chi connectivity index (χ3n) is 4.73. The van der Waals surface area contributed by atoms with Crippen molar-refractivity contribution >= 4 is 11.6 Å².